The van der Waals surface area contributed by atoms with E-state index in [1.165, 1.54) is 11.8 Å². The lowest BCUT2D eigenvalue weighted by atomic mass is 9.95. The van der Waals surface area contributed by atoms with Gasteiger partial charge in [0.25, 0.3) is 5.91 Å². The fraction of sp³-hybridized carbons (Fsp3) is 0.242. The molecule has 6 nitrogen and oxygen atoms in total. The minimum Gasteiger partial charge on any atom is -1.00 e. The van der Waals surface area contributed by atoms with Crippen molar-refractivity contribution in [2.24, 2.45) is 0 Å². The summed E-state index contributed by atoms with van der Waals surface area (Å²) >= 11 is 6.34. The van der Waals surface area contributed by atoms with Gasteiger partial charge in [0.2, 0.25) is 0 Å². The van der Waals surface area contributed by atoms with Crippen LogP contribution in [0.15, 0.2) is 89.8 Å². The molecule has 1 aliphatic rings. The van der Waals surface area contributed by atoms with E-state index in [0.29, 0.717) is 27.5 Å². The van der Waals surface area contributed by atoms with Crippen LogP contribution in [0, 0.1) is 0 Å². The van der Waals surface area contributed by atoms with Crippen LogP contribution in [0.3, 0.4) is 0 Å². The zero-order valence-corrected chi connectivity index (χ0v) is 27.5. The number of hydrogen-bond acceptors (Lipinski definition) is 4. The number of benzene rings is 4. The van der Waals surface area contributed by atoms with E-state index in [2.05, 4.69) is 26.2 Å². The summed E-state index contributed by atoms with van der Waals surface area (Å²) in [7, 11) is 1.09. The number of hydrogen-bond donors (Lipinski definition) is 1. The lowest BCUT2D eigenvalue weighted by Gasteiger charge is -2.30. The third-order valence-corrected chi connectivity index (χ3v) is 9.12. The van der Waals surface area contributed by atoms with E-state index >= 15 is 0 Å². The standard InChI is InChI=1S/C33H35ClN3O3S.2ClH/c1-37(2,22-25-12-15-27(16-13-25)41(3,39)40)21-24-10-8-23(9-11-24)14-17-32(38)36-20-26(19-34)33-29-7-5-4-6-28(29)30(35)18-31(33)36;;/h4-18,26H,19-22,35H2,1-3H3;2*1H/q+1;;/p-1/b17-14+;;. The second-order valence-corrected chi connectivity index (χ2v) is 13.8. The van der Waals surface area contributed by atoms with Crippen LogP contribution in [-0.2, 0) is 27.7 Å². The number of nitrogens with two attached hydrogens (primary N) is 1. The molecule has 1 atom stereocenters. The van der Waals surface area contributed by atoms with Gasteiger partial charge in [-0.2, -0.15) is 0 Å². The quantitative estimate of drug-likeness (QED) is 0.136. The molecule has 0 aromatic heterocycles. The predicted molar refractivity (Wildman–Crippen MR) is 176 cm³/mol. The summed E-state index contributed by atoms with van der Waals surface area (Å²) in [6.45, 7) is 2.09. The minimum absolute atomic E-state index is 0. The van der Waals surface area contributed by atoms with Crippen molar-refractivity contribution in [3.05, 3.63) is 107 Å². The second-order valence-electron chi connectivity index (χ2n) is 11.5. The summed E-state index contributed by atoms with van der Waals surface area (Å²) in [6.07, 6.45) is 4.67. The van der Waals surface area contributed by atoms with Gasteiger partial charge in [0.15, 0.2) is 9.84 Å². The van der Waals surface area contributed by atoms with Crippen LogP contribution in [0.4, 0.5) is 11.4 Å². The Hall–Kier alpha value is -3.07. The molecule has 43 heavy (non-hydrogen) atoms. The number of halogens is 3. The van der Waals surface area contributed by atoms with E-state index in [1.54, 1.807) is 23.1 Å². The van der Waals surface area contributed by atoms with Gasteiger partial charge in [0, 0.05) is 52.9 Å². The maximum atomic E-state index is 13.3. The summed E-state index contributed by atoms with van der Waals surface area (Å²) in [5.41, 5.74) is 12.1. The Kier molecular flexibility index (Phi) is 11.0. The van der Waals surface area contributed by atoms with Gasteiger partial charge in [0.05, 0.1) is 24.7 Å². The number of carbonyl (C=O) groups excluding carboxylic acids is 1. The minimum atomic E-state index is -3.20. The molecular formula is C33H36Cl3N3O3S. The first-order valence-electron chi connectivity index (χ1n) is 13.5. The zero-order chi connectivity index (χ0) is 29.4. The number of nitrogen functional groups attached to an aromatic ring is 1. The van der Waals surface area contributed by atoms with E-state index in [-0.39, 0.29) is 36.6 Å². The Labute approximate surface area is 271 Å². The molecule has 0 radical (unpaired) electrons. The van der Waals surface area contributed by atoms with Crippen molar-refractivity contribution >= 4 is 68.0 Å². The molecule has 0 spiro atoms. The largest absolute Gasteiger partial charge is 1.00 e. The number of rotatable bonds is 8. The number of nitrogens with zero attached hydrogens (tertiary/aromatic N) is 2. The molecule has 4 aromatic carbocycles. The summed E-state index contributed by atoms with van der Waals surface area (Å²) < 4.78 is 24.2. The summed E-state index contributed by atoms with van der Waals surface area (Å²) in [5, 5.41) is 2.04. The van der Waals surface area contributed by atoms with Crippen LogP contribution in [0.5, 0.6) is 0 Å². The summed E-state index contributed by atoms with van der Waals surface area (Å²) in [6, 6.07) is 25.2. The van der Waals surface area contributed by atoms with Gasteiger partial charge < -0.3 is 27.5 Å². The second kappa shape index (κ2) is 13.7. The monoisotopic (exact) mass is 659 g/mol. The van der Waals surface area contributed by atoms with E-state index in [0.717, 1.165) is 46.2 Å². The Morgan fingerprint density at radius 1 is 0.977 bits per heavy atom. The van der Waals surface area contributed by atoms with Gasteiger partial charge in [0.1, 0.15) is 13.1 Å². The van der Waals surface area contributed by atoms with Gasteiger partial charge in [-0.1, -0.05) is 60.7 Å². The van der Waals surface area contributed by atoms with Crippen LogP contribution in [-0.4, -0.2) is 51.6 Å². The first kappa shape index (κ1) is 34.4. The number of sulfone groups is 1. The van der Waals surface area contributed by atoms with E-state index < -0.39 is 9.84 Å². The molecule has 0 fully saturated rings. The van der Waals surface area contributed by atoms with E-state index in [4.69, 9.17) is 17.3 Å². The molecule has 5 rings (SSSR count). The third-order valence-electron chi connectivity index (χ3n) is 7.62. The van der Waals surface area contributed by atoms with Gasteiger partial charge >= 0.3 is 0 Å². The first-order valence-corrected chi connectivity index (χ1v) is 15.9. The van der Waals surface area contributed by atoms with Gasteiger partial charge in [-0.25, -0.2) is 8.42 Å². The predicted octanol–water partition coefficient (Wildman–Crippen LogP) is 3.41. The van der Waals surface area contributed by atoms with Crippen LogP contribution in [0.25, 0.3) is 16.8 Å². The third kappa shape index (κ3) is 7.72. The average Bonchev–Trinajstić information content (AvgIpc) is 3.31. The fourth-order valence-electron chi connectivity index (χ4n) is 5.69. The maximum absolute atomic E-state index is 13.3. The Morgan fingerprint density at radius 2 is 1.53 bits per heavy atom. The lowest BCUT2D eigenvalue weighted by Crippen LogP contribution is -3.00. The molecule has 0 saturated heterocycles. The van der Waals surface area contributed by atoms with Crippen LogP contribution >= 0.6 is 24.0 Å². The van der Waals surface area contributed by atoms with Gasteiger partial charge in [-0.15, -0.1) is 24.0 Å². The van der Waals surface area contributed by atoms with Crippen molar-refractivity contribution < 1.29 is 30.1 Å². The Balaban J connectivity index is 0.00000253. The molecule has 0 bridgehead atoms. The summed E-state index contributed by atoms with van der Waals surface area (Å²) in [4.78, 5) is 15.4. The smallest absolute Gasteiger partial charge is 0.251 e. The van der Waals surface area contributed by atoms with Crippen molar-refractivity contribution in [2.75, 3.05) is 43.4 Å². The number of anilines is 2. The molecule has 1 amide bonds. The van der Waals surface area contributed by atoms with Crippen molar-refractivity contribution in [3.63, 3.8) is 0 Å². The average molecular weight is 661 g/mol. The molecule has 0 saturated carbocycles. The highest BCUT2D eigenvalue weighted by Crippen LogP contribution is 2.44. The highest BCUT2D eigenvalue weighted by atomic mass is 35.5. The topological polar surface area (TPSA) is 80.5 Å². The van der Waals surface area contributed by atoms with Crippen molar-refractivity contribution in [1.82, 2.24) is 0 Å². The normalized spacial score (nSPS) is 14.8. The number of carbonyl (C=O) groups is 1. The molecule has 1 heterocycles. The van der Waals surface area contributed by atoms with Crippen molar-refractivity contribution in [3.8, 4) is 0 Å². The van der Waals surface area contributed by atoms with Gasteiger partial charge in [-0.3, -0.25) is 4.79 Å². The van der Waals surface area contributed by atoms with Crippen molar-refractivity contribution in [1.29, 1.82) is 0 Å². The number of fused-ring (bicyclic) bond motifs is 3. The number of quaternary nitrogens is 1. The van der Waals surface area contributed by atoms with Crippen molar-refractivity contribution in [2.45, 2.75) is 23.9 Å². The number of amides is 1. The number of alkyl halides is 1. The summed E-state index contributed by atoms with van der Waals surface area (Å²) in [5.74, 6) is 0.377. The van der Waals surface area contributed by atoms with Crippen LogP contribution in [0.1, 0.15) is 28.2 Å². The highest BCUT2D eigenvalue weighted by Gasteiger charge is 2.33. The zero-order valence-electron chi connectivity index (χ0n) is 24.3. The Bertz CT molecular complexity index is 1740. The molecule has 0 aliphatic carbocycles. The van der Waals surface area contributed by atoms with Gasteiger partial charge in [-0.05, 0) is 40.8 Å². The van der Waals surface area contributed by atoms with E-state index in [1.807, 2.05) is 60.7 Å². The highest BCUT2D eigenvalue weighted by molar-refractivity contribution is 7.90. The molecule has 2 N–H and O–H groups in total. The lowest BCUT2D eigenvalue weighted by molar-refractivity contribution is -0.916. The molecule has 1 unspecified atom stereocenters. The first-order chi connectivity index (χ1) is 19.4. The Morgan fingerprint density at radius 3 is 2.09 bits per heavy atom. The van der Waals surface area contributed by atoms with E-state index in [9.17, 15) is 13.2 Å². The molecule has 228 valence electrons. The molecule has 4 aromatic rings. The van der Waals surface area contributed by atoms with Crippen LogP contribution < -0.4 is 23.0 Å². The molecular weight excluding hydrogens is 625 g/mol. The molecule has 1 aliphatic heterocycles. The maximum Gasteiger partial charge on any atom is 0.251 e. The van der Waals surface area contributed by atoms with Crippen LogP contribution in [0.2, 0.25) is 0 Å². The SMILES string of the molecule is C[N+](C)(Cc1ccc(/C=C/C(=O)N2CC(CCl)c3c2cc(N)c2ccccc32)cc1)Cc1ccc(S(C)(=O)=O)cc1.Cl.[Cl-]. The fourth-order valence-corrected chi connectivity index (χ4v) is 6.57. The molecule has 10 heteroatoms.